The van der Waals surface area contributed by atoms with Crippen LogP contribution in [0.15, 0.2) is 0 Å². The van der Waals surface area contributed by atoms with Crippen molar-refractivity contribution in [3.05, 3.63) is 0 Å². The zero-order chi connectivity index (χ0) is 13.2. The third-order valence-corrected chi connectivity index (χ3v) is 1.52. The molecule has 0 radical (unpaired) electrons. The predicted molar refractivity (Wildman–Crippen MR) is 51.6 cm³/mol. The topological polar surface area (TPSA) is 80.4 Å². The van der Waals surface area contributed by atoms with Gasteiger partial charge in [-0.25, -0.2) is 4.79 Å². The van der Waals surface area contributed by atoms with E-state index < -0.39 is 12.1 Å². The van der Waals surface area contributed by atoms with Crippen LogP contribution < -0.4 is 5.73 Å². The maximum absolute atomic E-state index is 10.6. The first-order valence-corrected chi connectivity index (χ1v) is 4.80. The summed E-state index contributed by atoms with van der Waals surface area (Å²) in [5.74, 6) is -2.93. The molecule has 4 nitrogen and oxygen atoms in total. The Hall–Kier alpha value is -1.27. The third-order valence-electron chi connectivity index (χ3n) is 1.52. The fraction of sp³-hybridized carbons (Fsp3) is 0.778. The van der Waals surface area contributed by atoms with Crippen LogP contribution in [0.2, 0.25) is 0 Å². The quantitative estimate of drug-likeness (QED) is 0.725. The highest BCUT2D eigenvalue weighted by Gasteiger charge is 2.38. The number of primary amides is 1. The minimum Gasteiger partial charge on any atom is -0.475 e. The second-order valence-electron chi connectivity index (χ2n) is 3.08. The van der Waals surface area contributed by atoms with E-state index in [-0.39, 0.29) is 5.91 Å². The van der Waals surface area contributed by atoms with Crippen molar-refractivity contribution in [3.63, 3.8) is 0 Å². The summed E-state index contributed by atoms with van der Waals surface area (Å²) < 4.78 is 31.7. The van der Waals surface area contributed by atoms with Crippen LogP contribution >= 0.6 is 0 Å². The molecule has 0 atom stereocenters. The van der Waals surface area contributed by atoms with Gasteiger partial charge in [-0.2, -0.15) is 13.2 Å². The normalized spacial score (nSPS) is 10.2. The van der Waals surface area contributed by atoms with Gasteiger partial charge in [-0.1, -0.05) is 26.2 Å². The zero-order valence-corrected chi connectivity index (χ0v) is 9.01. The molecule has 0 aromatic rings. The van der Waals surface area contributed by atoms with Crippen molar-refractivity contribution in [1.29, 1.82) is 0 Å². The lowest BCUT2D eigenvalue weighted by atomic mass is 10.1. The Morgan fingerprint density at radius 1 is 1.19 bits per heavy atom. The molecule has 0 aliphatic heterocycles. The van der Waals surface area contributed by atoms with E-state index in [4.69, 9.17) is 15.6 Å². The number of hydrogen-bond donors (Lipinski definition) is 2. The molecule has 96 valence electrons. The Labute approximate surface area is 91.6 Å². The Bertz CT molecular complexity index is 217. The number of alkyl halides is 3. The number of nitrogens with two attached hydrogens (primary N) is 1. The van der Waals surface area contributed by atoms with Gasteiger partial charge in [-0.05, 0) is 6.42 Å². The maximum atomic E-state index is 10.6. The molecule has 16 heavy (non-hydrogen) atoms. The third kappa shape index (κ3) is 15.2. The molecule has 0 spiro atoms. The fourth-order valence-electron chi connectivity index (χ4n) is 0.726. The van der Waals surface area contributed by atoms with Crippen LogP contribution in [-0.2, 0) is 9.59 Å². The van der Waals surface area contributed by atoms with Crippen LogP contribution in [0.3, 0.4) is 0 Å². The molecule has 0 fully saturated rings. The zero-order valence-electron chi connectivity index (χ0n) is 9.01. The van der Waals surface area contributed by atoms with E-state index in [9.17, 15) is 18.0 Å². The second kappa shape index (κ2) is 8.99. The van der Waals surface area contributed by atoms with Crippen LogP contribution in [0.25, 0.3) is 0 Å². The van der Waals surface area contributed by atoms with Gasteiger partial charge in [-0.15, -0.1) is 0 Å². The number of unbranched alkanes of at least 4 members (excludes halogenated alkanes) is 3. The smallest absolute Gasteiger partial charge is 0.475 e. The van der Waals surface area contributed by atoms with E-state index in [1.165, 1.54) is 12.8 Å². The highest BCUT2D eigenvalue weighted by atomic mass is 19.4. The number of carbonyl (C=O) groups excluding carboxylic acids is 1. The molecule has 1 amide bonds. The van der Waals surface area contributed by atoms with Crippen LogP contribution in [0, 0.1) is 0 Å². The van der Waals surface area contributed by atoms with Gasteiger partial charge < -0.3 is 10.8 Å². The van der Waals surface area contributed by atoms with Gasteiger partial charge in [0.15, 0.2) is 0 Å². The molecule has 3 N–H and O–H groups in total. The van der Waals surface area contributed by atoms with Crippen molar-refractivity contribution in [2.75, 3.05) is 0 Å². The van der Waals surface area contributed by atoms with E-state index in [0.29, 0.717) is 6.42 Å². The van der Waals surface area contributed by atoms with Crippen molar-refractivity contribution in [3.8, 4) is 0 Å². The highest BCUT2D eigenvalue weighted by molar-refractivity contribution is 5.73. The molecule has 0 aromatic heterocycles. The lowest BCUT2D eigenvalue weighted by Gasteiger charge is -1.93. The molecule has 0 saturated carbocycles. The molecule has 0 rings (SSSR count). The Morgan fingerprint density at radius 3 is 1.88 bits per heavy atom. The molecular weight excluding hydrogens is 227 g/mol. The fourth-order valence-corrected chi connectivity index (χ4v) is 0.726. The molecule has 0 aromatic carbocycles. The highest BCUT2D eigenvalue weighted by Crippen LogP contribution is 2.13. The van der Waals surface area contributed by atoms with E-state index in [1.54, 1.807) is 0 Å². The molecule has 0 bridgehead atoms. The van der Waals surface area contributed by atoms with Crippen LogP contribution in [0.4, 0.5) is 13.2 Å². The number of carboxylic acid groups (broad SMARTS) is 1. The van der Waals surface area contributed by atoms with Gasteiger partial charge in [0.2, 0.25) is 5.91 Å². The molecular formula is C9H16F3NO3. The van der Waals surface area contributed by atoms with Crippen molar-refractivity contribution < 1.29 is 27.9 Å². The summed E-state index contributed by atoms with van der Waals surface area (Å²) in [4.78, 5) is 19.1. The Balaban J connectivity index is 0. The van der Waals surface area contributed by atoms with Crippen LogP contribution in [-0.4, -0.2) is 23.2 Å². The van der Waals surface area contributed by atoms with Gasteiger partial charge in [-0.3, -0.25) is 4.79 Å². The average Bonchev–Trinajstić information content (AvgIpc) is 2.11. The first-order chi connectivity index (χ1) is 7.21. The maximum Gasteiger partial charge on any atom is 0.490 e. The molecule has 0 aliphatic rings. The Morgan fingerprint density at radius 2 is 1.62 bits per heavy atom. The minimum absolute atomic E-state index is 0.175. The average molecular weight is 243 g/mol. The summed E-state index contributed by atoms with van der Waals surface area (Å²) >= 11 is 0. The summed E-state index contributed by atoms with van der Waals surface area (Å²) in [6.07, 6.45) is -0.00530. The van der Waals surface area contributed by atoms with E-state index in [1.807, 2.05) is 0 Å². The van der Waals surface area contributed by atoms with Gasteiger partial charge in [0.25, 0.3) is 0 Å². The lowest BCUT2D eigenvalue weighted by molar-refractivity contribution is -0.192. The number of aliphatic carboxylic acids is 1. The SMILES string of the molecule is CCCCCCC(N)=O.O=C(O)C(F)(F)F. The minimum atomic E-state index is -5.08. The molecule has 0 unspecified atom stereocenters. The predicted octanol–water partition coefficient (Wildman–Crippen LogP) is 2.08. The van der Waals surface area contributed by atoms with E-state index in [0.717, 1.165) is 12.8 Å². The van der Waals surface area contributed by atoms with Crippen LogP contribution in [0.1, 0.15) is 39.0 Å². The summed E-state index contributed by atoms with van der Waals surface area (Å²) in [6.45, 7) is 2.14. The largest absolute Gasteiger partial charge is 0.490 e. The summed E-state index contributed by atoms with van der Waals surface area (Å²) in [5.41, 5.74) is 4.94. The van der Waals surface area contributed by atoms with Crippen molar-refractivity contribution >= 4 is 11.9 Å². The number of carbonyl (C=O) groups is 2. The number of hydrogen-bond acceptors (Lipinski definition) is 2. The molecule has 0 aliphatic carbocycles. The summed E-state index contributed by atoms with van der Waals surface area (Å²) in [7, 11) is 0. The van der Waals surface area contributed by atoms with Crippen LogP contribution in [0.5, 0.6) is 0 Å². The van der Waals surface area contributed by atoms with Crippen molar-refractivity contribution in [1.82, 2.24) is 0 Å². The van der Waals surface area contributed by atoms with E-state index >= 15 is 0 Å². The molecule has 7 heteroatoms. The van der Waals surface area contributed by atoms with Crippen molar-refractivity contribution in [2.24, 2.45) is 5.73 Å². The molecule has 0 saturated heterocycles. The first kappa shape index (κ1) is 17.1. The number of amides is 1. The van der Waals surface area contributed by atoms with Gasteiger partial charge in [0, 0.05) is 6.42 Å². The summed E-state index contributed by atoms with van der Waals surface area (Å²) in [6, 6.07) is 0. The monoisotopic (exact) mass is 243 g/mol. The summed E-state index contributed by atoms with van der Waals surface area (Å²) in [5, 5.41) is 7.12. The number of carboxylic acids is 1. The van der Waals surface area contributed by atoms with Gasteiger partial charge in [0.1, 0.15) is 0 Å². The van der Waals surface area contributed by atoms with Gasteiger partial charge in [0.05, 0.1) is 0 Å². The Kier molecular flexibility index (Phi) is 9.63. The van der Waals surface area contributed by atoms with Crippen molar-refractivity contribution in [2.45, 2.75) is 45.2 Å². The lowest BCUT2D eigenvalue weighted by Crippen LogP contribution is -2.21. The molecule has 0 heterocycles. The van der Waals surface area contributed by atoms with E-state index in [2.05, 4.69) is 6.92 Å². The van der Waals surface area contributed by atoms with Gasteiger partial charge >= 0.3 is 12.1 Å². The standard InChI is InChI=1S/C7H15NO.C2HF3O2/c1-2-3-4-5-6-7(8)9;3-2(4,5)1(6)7/h2-6H2,1H3,(H2,8,9);(H,6,7). The second-order valence-corrected chi connectivity index (χ2v) is 3.08. The number of halogens is 3. The number of rotatable bonds is 5. The first-order valence-electron chi connectivity index (χ1n) is 4.80.